The van der Waals surface area contributed by atoms with Gasteiger partial charge in [0, 0.05) is 11.8 Å². The molecule has 3 heteroatoms. The van der Waals surface area contributed by atoms with Gasteiger partial charge in [-0.25, -0.2) is 0 Å². The van der Waals surface area contributed by atoms with Crippen LogP contribution in [0.3, 0.4) is 0 Å². The summed E-state index contributed by atoms with van der Waals surface area (Å²) >= 11 is 3.48. The van der Waals surface area contributed by atoms with Crippen molar-refractivity contribution in [3.63, 3.8) is 0 Å². The minimum atomic E-state index is 0.0302. The fourth-order valence-corrected chi connectivity index (χ4v) is 3.48. The van der Waals surface area contributed by atoms with E-state index in [1.54, 1.807) is 0 Å². The molecule has 24 heavy (non-hydrogen) atoms. The van der Waals surface area contributed by atoms with Crippen LogP contribution < -0.4 is 0 Å². The Morgan fingerprint density at radius 3 is 2.04 bits per heavy atom. The van der Waals surface area contributed by atoms with Crippen molar-refractivity contribution in [3.8, 4) is 0 Å². The molecule has 1 atom stereocenters. The molecule has 0 saturated carbocycles. The van der Waals surface area contributed by atoms with Crippen LogP contribution in [-0.2, 0) is 9.53 Å². The lowest BCUT2D eigenvalue weighted by Gasteiger charge is -2.16. The smallest absolute Gasteiger partial charge is 0.306 e. The SMILES string of the molecule is CCCCCCCCCOC(=O)CC(CCCC)CCCCCBr. The summed E-state index contributed by atoms with van der Waals surface area (Å²) < 4.78 is 5.46. The van der Waals surface area contributed by atoms with Crippen molar-refractivity contribution < 1.29 is 9.53 Å². The average molecular weight is 405 g/mol. The molecule has 0 heterocycles. The summed E-state index contributed by atoms with van der Waals surface area (Å²) in [5.74, 6) is 0.560. The molecule has 0 N–H and O–H groups in total. The normalized spacial score (nSPS) is 12.3. The van der Waals surface area contributed by atoms with Gasteiger partial charge in [0.25, 0.3) is 0 Å². The van der Waals surface area contributed by atoms with E-state index in [-0.39, 0.29) is 5.97 Å². The highest BCUT2D eigenvalue weighted by Gasteiger charge is 2.14. The first-order chi connectivity index (χ1) is 11.7. The summed E-state index contributed by atoms with van der Waals surface area (Å²) in [6.07, 6.45) is 18.0. The summed E-state index contributed by atoms with van der Waals surface area (Å²) in [6.45, 7) is 5.09. The molecule has 0 radical (unpaired) electrons. The molecule has 2 nitrogen and oxygen atoms in total. The number of hydrogen-bond donors (Lipinski definition) is 0. The Labute approximate surface area is 159 Å². The van der Waals surface area contributed by atoms with Crippen molar-refractivity contribution >= 4 is 21.9 Å². The molecule has 0 aliphatic carbocycles. The quantitative estimate of drug-likeness (QED) is 0.135. The Morgan fingerprint density at radius 2 is 1.38 bits per heavy atom. The van der Waals surface area contributed by atoms with Gasteiger partial charge < -0.3 is 4.74 Å². The Balaban J connectivity index is 3.71. The predicted molar refractivity (Wildman–Crippen MR) is 109 cm³/mol. The number of unbranched alkanes of at least 4 members (excludes halogenated alkanes) is 9. The zero-order valence-electron chi connectivity index (χ0n) is 16.3. The third-order valence-electron chi connectivity index (χ3n) is 4.68. The van der Waals surface area contributed by atoms with Gasteiger partial charge in [-0.15, -0.1) is 0 Å². The predicted octanol–water partition coefficient (Wildman–Crippen LogP) is 7.43. The second-order valence-electron chi connectivity index (χ2n) is 7.09. The van der Waals surface area contributed by atoms with Crippen molar-refractivity contribution in [2.75, 3.05) is 11.9 Å². The molecule has 0 aromatic heterocycles. The molecule has 0 rings (SSSR count). The zero-order valence-corrected chi connectivity index (χ0v) is 17.9. The number of alkyl halides is 1. The molecule has 0 bridgehead atoms. The molecular weight excluding hydrogens is 364 g/mol. The molecule has 0 fully saturated rings. The third kappa shape index (κ3) is 16.8. The second kappa shape index (κ2) is 19.3. The van der Waals surface area contributed by atoms with Crippen LogP contribution in [0, 0.1) is 5.92 Å². The van der Waals surface area contributed by atoms with E-state index in [1.807, 2.05) is 0 Å². The highest BCUT2D eigenvalue weighted by Crippen LogP contribution is 2.21. The Bertz CT molecular complexity index is 269. The van der Waals surface area contributed by atoms with E-state index >= 15 is 0 Å². The lowest BCUT2D eigenvalue weighted by Crippen LogP contribution is -2.13. The van der Waals surface area contributed by atoms with Gasteiger partial charge in [-0.3, -0.25) is 4.79 Å². The van der Waals surface area contributed by atoms with E-state index < -0.39 is 0 Å². The van der Waals surface area contributed by atoms with Gasteiger partial charge in [-0.1, -0.05) is 94.0 Å². The van der Waals surface area contributed by atoms with Gasteiger partial charge >= 0.3 is 5.97 Å². The van der Waals surface area contributed by atoms with Crippen molar-refractivity contribution in [1.82, 2.24) is 0 Å². The molecule has 144 valence electrons. The fraction of sp³-hybridized carbons (Fsp3) is 0.952. The van der Waals surface area contributed by atoms with Crippen LogP contribution in [0.2, 0.25) is 0 Å². The van der Waals surface area contributed by atoms with E-state index in [0.29, 0.717) is 18.9 Å². The van der Waals surface area contributed by atoms with E-state index in [9.17, 15) is 4.79 Å². The Kier molecular flexibility index (Phi) is 19.2. The minimum absolute atomic E-state index is 0.0302. The summed E-state index contributed by atoms with van der Waals surface area (Å²) in [5, 5.41) is 1.09. The van der Waals surface area contributed by atoms with Gasteiger partial charge in [0.15, 0.2) is 0 Å². The zero-order chi connectivity index (χ0) is 17.9. The third-order valence-corrected chi connectivity index (χ3v) is 5.24. The lowest BCUT2D eigenvalue weighted by molar-refractivity contribution is -0.145. The number of carbonyl (C=O) groups excluding carboxylic acids is 1. The Morgan fingerprint density at radius 1 is 0.792 bits per heavy atom. The molecule has 0 aromatic carbocycles. The van der Waals surface area contributed by atoms with E-state index in [2.05, 4.69) is 29.8 Å². The van der Waals surface area contributed by atoms with Gasteiger partial charge in [-0.2, -0.15) is 0 Å². The lowest BCUT2D eigenvalue weighted by atomic mass is 9.92. The van der Waals surface area contributed by atoms with Crippen LogP contribution in [0.25, 0.3) is 0 Å². The first kappa shape index (κ1) is 23.9. The monoisotopic (exact) mass is 404 g/mol. The maximum absolute atomic E-state index is 12.0. The Hall–Kier alpha value is -0.0500. The number of esters is 1. The molecule has 1 unspecified atom stereocenters. The summed E-state index contributed by atoms with van der Waals surface area (Å²) in [6, 6.07) is 0. The van der Waals surface area contributed by atoms with Crippen molar-refractivity contribution in [2.24, 2.45) is 5.92 Å². The molecule has 0 aliphatic heterocycles. The first-order valence-corrected chi connectivity index (χ1v) is 11.6. The minimum Gasteiger partial charge on any atom is -0.466 e. The number of halogens is 1. The number of ether oxygens (including phenoxy) is 1. The first-order valence-electron chi connectivity index (χ1n) is 10.5. The molecule has 0 aromatic rings. The summed E-state index contributed by atoms with van der Waals surface area (Å²) in [4.78, 5) is 12.0. The summed E-state index contributed by atoms with van der Waals surface area (Å²) in [5.41, 5.74) is 0. The highest BCUT2D eigenvalue weighted by molar-refractivity contribution is 9.09. The topological polar surface area (TPSA) is 26.3 Å². The van der Waals surface area contributed by atoms with Crippen LogP contribution in [0.4, 0.5) is 0 Å². The second-order valence-corrected chi connectivity index (χ2v) is 7.89. The standard InChI is InChI=1S/C21H41BrO2/c1-3-5-7-8-9-10-14-18-24-21(23)19-20(15-6-4-2)16-12-11-13-17-22/h20H,3-19H2,1-2H3. The van der Waals surface area contributed by atoms with Crippen molar-refractivity contribution in [2.45, 2.75) is 110 Å². The largest absolute Gasteiger partial charge is 0.466 e. The highest BCUT2D eigenvalue weighted by atomic mass is 79.9. The molecule has 0 aliphatic rings. The van der Waals surface area contributed by atoms with Crippen LogP contribution in [-0.4, -0.2) is 17.9 Å². The molecule has 0 amide bonds. The number of hydrogen-bond acceptors (Lipinski definition) is 2. The van der Waals surface area contributed by atoms with Gasteiger partial charge in [0.05, 0.1) is 6.61 Å². The maximum Gasteiger partial charge on any atom is 0.306 e. The molecular formula is C21H41BrO2. The van der Waals surface area contributed by atoms with E-state index in [0.717, 1.165) is 11.8 Å². The average Bonchev–Trinajstić information content (AvgIpc) is 2.58. The molecule has 0 saturated heterocycles. The van der Waals surface area contributed by atoms with E-state index in [4.69, 9.17) is 4.74 Å². The van der Waals surface area contributed by atoms with Crippen LogP contribution in [0.5, 0.6) is 0 Å². The van der Waals surface area contributed by atoms with Gasteiger partial charge in [-0.05, 0) is 31.6 Å². The fourth-order valence-electron chi connectivity index (χ4n) is 3.09. The molecule has 0 spiro atoms. The van der Waals surface area contributed by atoms with Crippen molar-refractivity contribution in [1.29, 1.82) is 0 Å². The number of rotatable bonds is 18. The van der Waals surface area contributed by atoms with Crippen molar-refractivity contribution in [3.05, 3.63) is 0 Å². The van der Waals surface area contributed by atoms with Gasteiger partial charge in [0.2, 0.25) is 0 Å². The van der Waals surface area contributed by atoms with Crippen LogP contribution >= 0.6 is 15.9 Å². The van der Waals surface area contributed by atoms with Crippen LogP contribution in [0.1, 0.15) is 110 Å². The summed E-state index contributed by atoms with van der Waals surface area (Å²) in [7, 11) is 0. The maximum atomic E-state index is 12.0. The van der Waals surface area contributed by atoms with Gasteiger partial charge in [0.1, 0.15) is 0 Å². The van der Waals surface area contributed by atoms with Crippen LogP contribution in [0.15, 0.2) is 0 Å². The number of carbonyl (C=O) groups is 1. The van der Waals surface area contributed by atoms with E-state index in [1.165, 1.54) is 83.5 Å².